The Balaban J connectivity index is 0. The minimum Gasteiger partial charge on any atom is -1.00 e. The zero-order valence-corrected chi connectivity index (χ0v) is 7.16. The van der Waals surface area contributed by atoms with E-state index in [1.54, 1.807) is 0 Å². The summed E-state index contributed by atoms with van der Waals surface area (Å²) < 4.78 is 0. The van der Waals surface area contributed by atoms with Crippen LogP contribution in [0.3, 0.4) is 0 Å². The molecule has 0 aromatic heterocycles. The van der Waals surface area contributed by atoms with Crippen LogP contribution < -0.4 is 18.9 Å². The molecule has 0 heterocycles. The maximum absolute atomic E-state index is 0. The zero-order valence-electron chi connectivity index (χ0n) is 3.32. The molecule has 0 aliphatic heterocycles. The molecule has 0 rings (SSSR count). The van der Waals surface area contributed by atoms with Crippen LogP contribution in [0.2, 0.25) is 0 Å². The Morgan fingerprint density at radius 3 is 1.00 bits per heavy atom. The van der Waals surface area contributed by atoms with E-state index >= 15 is 0 Å². The van der Waals surface area contributed by atoms with Gasteiger partial charge in [0.25, 0.3) is 0 Å². The first-order valence-corrected chi connectivity index (χ1v) is 0. The molecule has 0 fully saturated rings. The van der Waals surface area contributed by atoms with Gasteiger partial charge >= 0.3 is 18.9 Å². The molecule has 0 atom stereocenters. The van der Waals surface area contributed by atoms with Crippen LogP contribution in [0.5, 0.6) is 0 Å². The van der Waals surface area contributed by atoms with Gasteiger partial charge in [-0.2, -0.15) is 0 Å². The summed E-state index contributed by atoms with van der Waals surface area (Å²) in [5.74, 6) is 0. The van der Waals surface area contributed by atoms with Crippen LogP contribution in [0.25, 0.3) is 0 Å². The molecule has 0 spiro atoms. The average molecular weight is 225 g/mol. The summed E-state index contributed by atoms with van der Waals surface area (Å²) in [4.78, 5) is 0. The summed E-state index contributed by atoms with van der Waals surface area (Å²) in [6.45, 7) is 0. The normalized spacial score (nSPS) is 0. The molecule has 0 aromatic rings. The monoisotopic (exact) mass is 222 g/mol. The van der Waals surface area contributed by atoms with E-state index < -0.39 is 0 Å². The molecule has 0 saturated carbocycles. The minimum atomic E-state index is 0. The predicted octanol–water partition coefficient (Wildman–Crippen LogP) is -2.04. The predicted molar refractivity (Wildman–Crippen MR) is 15.6 cm³/mol. The average Bonchev–Trinajstić information content (AvgIpc) is 0. The van der Waals surface area contributed by atoms with Crippen molar-refractivity contribution in [3.8, 4) is 0 Å². The molecule has 0 aliphatic carbocycles. The van der Waals surface area contributed by atoms with Crippen LogP contribution in [-0.2, 0) is 0 Å². The molecule has 0 unspecified atom stereocenters. The van der Waals surface area contributed by atoms with Gasteiger partial charge in [0.2, 0.25) is 0 Å². The van der Waals surface area contributed by atoms with Gasteiger partial charge in [-0.05, 0) is 0 Å². The summed E-state index contributed by atoms with van der Waals surface area (Å²) in [6.07, 6.45) is 0. The van der Waals surface area contributed by atoms with E-state index in [1.807, 2.05) is 0 Å². The van der Waals surface area contributed by atoms with Gasteiger partial charge in [-0.15, -0.1) is 24.8 Å². The first kappa shape index (κ1) is 31.2. The van der Waals surface area contributed by atoms with Crippen molar-refractivity contribution < 1.29 is 61.1 Å². The molecule has 0 nitrogen and oxygen atoms in total. The largest absolute Gasteiger partial charge is 1.00 e. The van der Waals surface area contributed by atoms with Gasteiger partial charge in [-0.25, -0.2) is 0 Å². The number of rotatable bonds is 0. The van der Waals surface area contributed by atoms with Gasteiger partial charge < -0.3 is 1.43 Å². The molecule has 0 aliphatic rings. The third-order valence-electron chi connectivity index (χ3n) is 0. The van der Waals surface area contributed by atoms with Crippen molar-refractivity contribution in [3.05, 3.63) is 0 Å². The summed E-state index contributed by atoms with van der Waals surface area (Å²) in [5, 5.41) is 0. The quantitative estimate of drug-likeness (QED) is 0.417. The fourth-order valence-corrected chi connectivity index (χ4v) is 0. The van der Waals surface area contributed by atoms with Gasteiger partial charge in [0.1, 0.15) is 0 Å². The van der Waals surface area contributed by atoms with E-state index in [1.165, 1.54) is 0 Å². The number of hydrogen-bond acceptors (Lipinski definition) is 0. The Hall–Kier alpha value is 2.53. The molecule has 0 N–H and O–H groups in total. The van der Waals surface area contributed by atoms with Crippen molar-refractivity contribution in [1.29, 1.82) is 0 Å². The molecule has 4 heteroatoms. The standard InChI is InChI=1S/2ClH.Li.Nd.H/h2*1H;;;/q;;+1;;-1. The van der Waals surface area contributed by atoms with Crippen LogP contribution in [-0.4, -0.2) is 0 Å². The SMILES string of the molecule is Cl.Cl.[H-].[Li+].[Nd]. The molecule has 4 heavy (non-hydrogen) atoms. The van der Waals surface area contributed by atoms with Crippen molar-refractivity contribution >= 4 is 24.8 Å². The van der Waals surface area contributed by atoms with Gasteiger partial charge in [-0.3, -0.25) is 0 Å². The summed E-state index contributed by atoms with van der Waals surface area (Å²) in [7, 11) is 0. The van der Waals surface area contributed by atoms with Gasteiger partial charge in [-0.1, -0.05) is 0 Å². The van der Waals surface area contributed by atoms with E-state index in [2.05, 4.69) is 0 Å². The van der Waals surface area contributed by atoms with E-state index in [4.69, 9.17) is 0 Å². The molecule has 22 valence electrons. The number of hydrogen-bond donors (Lipinski definition) is 0. The van der Waals surface area contributed by atoms with E-state index in [0.717, 1.165) is 0 Å². The fraction of sp³-hybridized carbons (Fsp3) is 0. The second-order valence-electron chi connectivity index (χ2n) is 0. The van der Waals surface area contributed by atoms with E-state index in [9.17, 15) is 0 Å². The maximum Gasteiger partial charge on any atom is 1.00 e. The van der Waals surface area contributed by atoms with Crippen LogP contribution in [0.15, 0.2) is 0 Å². The van der Waals surface area contributed by atoms with Gasteiger partial charge in [0, 0.05) is 40.8 Å². The first-order chi connectivity index (χ1) is 0. The van der Waals surface area contributed by atoms with Crippen molar-refractivity contribution in [2.75, 3.05) is 0 Å². The first-order valence-electron chi connectivity index (χ1n) is 0. The van der Waals surface area contributed by atoms with Crippen LogP contribution in [0.1, 0.15) is 1.43 Å². The van der Waals surface area contributed by atoms with Gasteiger partial charge in [0.05, 0.1) is 0 Å². The third kappa shape index (κ3) is 8.82. The van der Waals surface area contributed by atoms with Gasteiger partial charge in [0.15, 0.2) is 0 Å². The Labute approximate surface area is 84.5 Å². The summed E-state index contributed by atoms with van der Waals surface area (Å²) in [5.41, 5.74) is 0. The van der Waals surface area contributed by atoms with Crippen LogP contribution in [0.4, 0.5) is 0 Å². The smallest absolute Gasteiger partial charge is 1.00 e. The number of halogens is 2. The van der Waals surface area contributed by atoms with E-state index in [0.29, 0.717) is 0 Å². The minimum absolute atomic E-state index is 0. The molecule has 0 aromatic carbocycles. The fourth-order valence-electron chi connectivity index (χ4n) is 0. The Morgan fingerprint density at radius 1 is 1.00 bits per heavy atom. The second-order valence-corrected chi connectivity index (χ2v) is 0. The van der Waals surface area contributed by atoms with Crippen molar-refractivity contribution in [3.63, 3.8) is 0 Å². The van der Waals surface area contributed by atoms with Crippen LogP contribution >= 0.6 is 24.8 Å². The topological polar surface area (TPSA) is 0 Å². The molecular weight excluding hydrogens is 222 g/mol. The molecular formula is H3Cl2LiNd. The molecule has 0 radical (unpaired) electrons. The molecule has 0 bridgehead atoms. The van der Waals surface area contributed by atoms with Crippen LogP contribution in [0, 0.1) is 40.8 Å². The Morgan fingerprint density at radius 2 is 1.00 bits per heavy atom. The van der Waals surface area contributed by atoms with Crippen molar-refractivity contribution in [2.45, 2.75) is 0 Å². The second kappa shape index (κ2) is 17.7. The van der Waals surface area contributed by atoms with E-state index in [-0.39, 0.29) is 85.9 Å². The molecule has 0 saturated heterocycles. The third-order valence-corrected chi connectivity index (χ3v) is 0. The summed E-state index contributed by atoms with van der Waals surface area (Å²) in [6, 6.07) is 0. The Kier molecular flexibility index (Phi) is 138. The maximum atomic E-state index is 0. The Bertz CT molecular complexity index is 9.61. The summed E-state index contributed by atoms with van der Waals surface area (Å²) >= 11 is 0. The zero-order chi connectivity index (χ0) is 0. The molecule has 0 amide bonds. The van der Waals surface area contributed by atoms with Crippen molar-refractivity contribution in [2.24, 2.45) is 0 Å². The van der Waals surface area contributed by atoms with Crippen molar-refractivity contribution in [1.82, 2.24) is 0 Å².